The van der Waals surface area contributed by atoms with Gasteiger partial charge in [0.15, 0.2) is 0 Å². The van der Waals surface area contributed by atoms with Gasteiger partial charge < -0.3 is 4.90 Å². The zero-order valence-corrected chi connectivity index (χ0v) is 16.1. The molecule has 4 rings (SSSR count). The van der Waals surface area contributed by atoms with E-state index in [9.17, 15) is 4.39 Å². The van der Waals surface area contributed by atoms with Gasteiger partial charge in [-0.3, -0.25) is 4.68 Å². The largest absolute Gasteiger partial charge is 0.306 e. The molecule has 0 spiro atoms. The van der Waals surface area contributed by atoms with Gasteiger partial charge in [0.1, 0.15) is 0 Å². The number of nitrogens with zero attached hydrogens (tertiary/aromatic N) is 4. The lowest BCUT2D eigenvalue weighted by molar-refractivity contribution is 0.213. The first-order valence-electron chi connectivity index (χ1n) is 9.94. The van der Waals surface area contributed by atoms with Crippen LogP contribution >= 0.6 is 0 Å². The molecule has 26 heavy (non-hydrogen) atoms. The summed E-state index contributed by atoms with van der Waals surface area (Å²) in [6.45, 7) is 6.41. The molecule has 1 aliphatic carbocycles. The first-order valence-corrected chi connectivity index (χ1v) is 9.94. The Morgan fingerprint density at radius 2 is 1.88 bits per heavy atom. The quantitative estimate of drug-likeness (QED) is 0.744. The van der Waals surface area contributed by atoms with Gasteiger partial charge in [0.25, 0.3) is 0 Å². The molecule has 140 valence electrons. The van der Waals surface area contributed by atoms with E-state index in [4.69, 9.17) is 0 Å². The van der Waals surface area contributed by atoms with Crippen molar-refractivity contribution in [3.63, 3.8) is 0 Å². The second-order valence-corrected chi connectivity index (χ2v) is 8.37. The molecule has 0 bridgehead atoms. The van der Waals surface area contributed by atoms with E-state index in [1.807, 2.05) is 18.3 Å². The molecule has 2 aliphatic rings. The molecule has 0 N–H and O–H groups in total. The second kappa shape index (κ2) is 7.10. The molecule has 1 saturated carbocycles. The van der Waals surface area contributed by atoms with Crippen molar-refractivity contribution in [3.05, 3.63) is 35.5 Å². The average Bonchev–Trinajstić information content (AvgIpc) is 3.31. The highest BCUT2D eigenvalue weighted by molar-refractivity contribution is 5.64. The molecular weight excluding hydrogens is 327 g/mol. The molecule has 0 unspecified atom stereocenters. The van der Waals surface area contributed by atoms with Crippen LogP contribution in [0, 0.1) is 11.9 Å². The Kier molecular flexibility index (Phi) is 4.82. The summed E-state index contributed by atoms with van der Waals surface area (Å²) in [4.78, 5) is 6.64. The standard InChI is InChI=1S/C21H29FN4/c1-14(2)19-13-23-26(17-8-10-25(3)11-9-17)20(19)18-7-6-16(24-21(18)22)12-15-4-5-15/h6-7,13-15,17H,4-5,8-12H2,1-3H3. The predicted octanol–water partition coefficient (Wildman–Crippen LogP) is 4.43. The van der Waals surface area contributed by atoms with Crippen molar-refractivity contribution < 1.29 is 4.39 Å². The zero-order chi connectivity index (χ0) is 18.3. The monoisotopic (exact) mass is 356 g/mol. The van der Waals surface area contributed by atoms with Gasteiger partial charge in [-0.1, -0.05) is 13.8 Å². The summed E-state index contributed by atoms with van der Waals surface area (Å²) in [5.41, 5.74) is 3.52. The number of likely N-dealkylation sites (tertiary alicyclic amines) is 1. The summed E-state index contributed by atoms with van der Waals surface area (Å²) in [7, 11) is 2.15. The lowest BCUT2D eigenvalue weighted by Crippen LogP contribution is -2.32. The van der Waals surface area contributed by atoms with Crippen LogP contribution in [-0.2, 0) is 6.42 Å². The van der Waals surface area contributed by atoms with Gasteiger partial charge in [0, 0.05) is 11.3 Å². The van der Waals surface area contributed by atoms with Crippen LogP contribution < -0.4 is 0 Å². The molecule has 1 aliphatic heterocycles. The zero-order valence-electron chi connectivity index (χ0n) is 16.1. The summed E-state index contributed by atoms with van der Waals surface area (Å²) in [5, 5.41) is 4.69. The number of hydrogen-bond acceptors (Lipinski definition) is 3. The van der Waals surface area contributed by atoms with Crippen LogP contribution in [-0.4, -0.2) is 39.8 Å². The van der Waals surface area contributed by atoms with Crippen molar-refractivity contribution in [1.29, 1.82) is 0 Å². The van der Waals surface area contributed by atoms with Crippen LogP contribution in [0.5, 0.6) is 0 Å². The predicted molar refractivity (Wildman–Crippen MR) is 102 cm³/mol. The first kappa shape index (κ1) is 17.7. The summed E-state index contributed by atoms with van der Waals surface area (Å²) < 4.78 is 17.0. The van der Waals surface area contributed by atoms with Gasteiger partial charge in [-0.15, -0.1) is 0 Å². The van der Waals surface area contributed by atoms with Crippen molar-refractivity contribution in [2.75, 3.05) is 20.1 Å². The Hall–Kier alpha value is -1.75. The molecule has 1 saturated heterocycles. The van der Waals surface area contributed by atoms with Crippen LogP contribution in [0.15, 0.2) is 18.3 Å². The maximum atomic E-state index is 15.0. The Labute approximate surface area is 155 Å². The number of halogens is 1. The summed E-state index contributed by atoms with van der Waals surface area (Å²) in [6.07, 6.45) is 7.45. The van der Waals surface area contributed by atoms with Gasteiger partial charge in [-0.2, -0.15) is 9.49 Å². The fourth-order valence-corrected chi connectivity index (χ4v) is 3.97. The van der Waals surface area contributed by atoms with Crippen molar-refractivity contribution in [2.45, 2.75) is 57.9 Å². The normalized spacial score (nSPS) is 19.4. The SMILES string of the molecule is CC(C)c1cnn(C2CCN(C)CC2)c1-c1ccc(CC2CC2)nc1F. The summed E-state index contributed by atoms with van der Waals surface area (Å²) in [6, 6.07) is 4.26. The van der Waals surface area contributed by atoms with Gasteiger partial charge >= 0.3 is 0 Å². The van der Waals surface area contributed by atoms with E-state index in [0.717, 1.165) is 49.3 Å². The number of pyridine rings is 1. The Morgan fingerprint density at radius 3 is 2.50 bits per heavy atom. The maximum Gasteiger partial charge on any atom is 0.222 e. The smallest absolute Gasteiger partial charge is 0.222 e. The first-order chi connectivity index (χ1) is 12.5. The van der Waals surface area contributed by atoms with Crippen molar-refractivity contribution >= 4 is 0 Å². The minimum Gasteiger partial charge on any atom is -0.306 e. The number of rotatable bonds is 5. The van der Waals surface area contributed by atoms with Crippen LogP contribution in [0.1, 0.15) is 62.7 Å². The second-order valence-electron chi connectivity index (χ2n) is 8.37. The third kappa shape index (κ3) is 3.54. The van der Waals surface area contributed by atoms with E-state index < -0.39 is 0 Å². The molecule has 2 aromatic heterocycles. The van der Waals surface area contributed by atoms with Crippen LogP contribution in [0.25, 0.3) is 11.3 Å². The third-order valence-electron chi connectivity index (χ3n) is 5.84. The molecule has 3 heterocycles. The lowest BCUT2D eigenvalue weighted by atomic mass is 9.98. The Balaban J connectivity index is 1.70. The van der Waals surface area contributed by atoms with Gasteiger partial charge in [0.05, 0.1) is 23.5 Å². The fraction of sp³-hybridized carbons (Fsp3) is 0.619. The Bertz CT molecular complexity index is 770. The van der Waals surface area contributed by atoms with Crippen LogP contribution in [0.3, 0.4) is 0 Å². The van der Waals surface area contributed by atoms with E-state index in [-0.39, 0.29) is 5.95 Å². The van der Waals surface area contributed by atoms with Crippen LogP contribution in [0.2, 0.25) is 0 Å². The average molecular weight is 356 g/mol. The highest BCUT2D eigenvalue weighted by Crippen LogP contribution is 2.36. The molecular formula is C21H29FN4. The molecule has 0 radical (unpaired) electrons. The third-order valence-corrected chi connectivity index (χ3v) is 5.84. The van der Waals surface area contributed by atoms with E-state index in [1.165, 1.54) is 12.8 Å². The maximum absolute atomic E-state index is 15.0. The minimum absolute atomic E-state index is 0.301. The molecule has 0 amide bonds. The van der Waals surface area contributed by atoms with Crippen molar-refractivity contribution in [1.82, 2.24) is 19.7 Å². The Morgan fingerprint density at radius 1 is 1.15 bits per heavy atom. The molecule has 2 aromatic rings. The summed E-state index contributed by atoms with van der Waals surface area (Å²) in [5.74, 6) is 0.666. The van der Waals surface area contributed by atoms with E-state index in [0.29, 0.717) is 23.4 Å². The number of aromatic nitrogens is 3. The van der Waals surface area contributed by atoms with E-state index in [1.54, 1.807) is 0 Å². The van der Waals surface area contributed by atoms with Gasteiger partial charge in [-0.05, 0) is 76.2 Å². The molecule has 0 atom stereocenters. The minimum atomic E-state index is -0.347. The highest BCUT2D eigenvalue weighted by Gasteiger charge is 2.27. The molecule has 4 nitrogen and oxygen atoms in total. The van der Waals surface area contributed by atoms with Gasteiger partial charge in [-0.25, -0.2) is 4.98 Å². The van der Waals surface area contributed by atoms with Crippen molar-refractivity contribution in [2.24, 2.45) is 5.92 Å². The molecule has 0 aromatic carbocycles. The fourth-order valence-electron chi connectivity index (χ4n) is 3.97. The molecule has 2 fully saturated rings. The van der Waals surface area contributed by atoms with Gasteiger partial charge in [0.2, 0.25) is 5.95 Å². The topological polar surface area (TPSA) is 34.0 Å². The van der Waals surface area contributed by atoms with E-state index in [2.05, 4.69) is 40.6 Å². The van der Waals surface area contributed by atoms with Crippen LogP contribution in [0.4, 0.5) is 4.39 Å². The lowest BCUT2D eigenvalue weighted by Gasteiger charge is -2.30. The van der Waals surface area contributed by atoms with E-state index >= 15 is 0 Å². The molecule has 5 heteroatoms. The number of hydrogen-bond donors (Lipinski definition) is 0. The number of piperidine rings is 1. The highest BCUT2D eigenvalue weighted by atomic mass is 19.1. The summed E-state index contributed by atoms with van der Waals surface area (Å²) >= 11 is 0. The van der Waals surface area contributed by atoms with Crippen molar-refractivity contribution in [3.8, 4) is 11.3 Å².